The van der Waals surface area contributed by atoms with Crippen molar-refractivity contribution in [2.45, 2.75) is 19.4 Å². The van der Waals surface area contributed by atoms with Crippen molar-refractivity contribution in [2.75, 3.05) is 12.3 Å². The lowest BCUT2D eigenvalue weighted by molar-refractivity contribution is -0.122. The van der Waals surface area contributed by atoms with Crippen LogP contribution in [0.15, 0.2) is 24.4 Å². The Balaban J connectivity index is 1.57. The average Bonchev–Trinajstić information content (AvgIpc) is 3.05. The number of benzene rings is 1. The summed E-state index contributed by atoms with van der Waals surface area (Å²) in [5, 5.41) is 6.59. The third-order valence-electron chi connectivity index (χ3n) is 3.61. The molecule has 1 fully saturated rings. The molecular formula is C15H17N3O2S. The highest BCUT2D eigenvalue weighted by Crippen LogP contribution is 2.19. The van der Waals surface area contributed by atoms with Gasteiger partial charge in [-0.1, -0.05) is 23.9 Å². The number of aryl methyl sites for hydroxylation is 1. The zero-order valence-electron chi connectivity index (χ0n) is 11.7. The largest absolute Gasteiger partial charge is 0.361 e. The van der Waals surface area contributed by atoms with Crippen molar-refractivity contribution in [3.63, 3.8) is 0 Å². The topological polar surface area (TPSA) is 74.0 Å². The van der Waals surface area contributed by atoms with Gasteiger partial charge in [-0.25, -0.2) is 0 Å². The highest BCUT2D eigenvalue weighted by Gasteiger charge is 2.27. The standard InChI is InChI=1S/C15H17N3O2S/c1-9-2-3-11-10(7-17-12(11)6-9)4-5-16-14(19)13-8-21-15(20)18-13/h2-3,6-7,13,17H,4-5,8H2,1H3,(H,16,19)(H,18,20). The van der Waals surface area contributed by atoms with E-state index in [1.54, 1.807) is 0 Å². The van der Waals surface area contributed by atoms with Crippen LogP contribution in [0.5, 0.6) is 0 Å². The molecule has 3 rings (SSSR count). The molecule has 0 radical (unpaired) electrons. The van der Waals surface area contributed by atoms with Crippen molar-refractivity contribution in [1.82, 2.24) is 15.6 Å². The Kier molecular flexibility index (Phi) is 3.88. The summed E-state index contributed by atoms with van der Waals surface area (Å²) in [6, 6.07) is 5.91. The number of hydrogen-bond acceptors (Lipinski definition) is 3. The summed E-state index contributed by atoms with van der Waals surface area (Å²) in [5.41, 5.74) is 3.53. The van der Waals surface area contributed by atoms with Crippen LogP contribution in [0.2, 0.25) is 0 Å². The van der Waals surface area contributed by atoms with Gasteiger partial charge in [-0.15, -0.1) is 0 Å². The second-order valence-electron chi connectivity index (χ2n) is 5.20. The summed E-state index contributed by atoms with van der Waals surface area (Å²) in [4.78, 5) is 26.2. The Morgan fingerprint density at radius 2 is 2.33 bits per heavy atom. The number of aromatic amines is 1. The van der Waals surface area contributed by atoms with E-state index < -0.39 is 6.04 Å². The fourth-order valence-electron chi connectivity index (χ4n) is 2.48. The number of hydrogen-bond donors (Lipinski definition) is 3. The van der Waals surface area contributed by atoms with Crippen molar-refractivity contribution >= 4 is 33.8 Å². The molecule has 0 bridgehead atoms. The van der Waals surface area contributed by atoms with Crippen LogP contribution in [0.3, 0.4) is 0 Å². The molecule has 6 heteroatoms. The first-order valence-electron chi connectivity index (χ1n) is 6.91. The van der Waals surface area contributed by atoms with Crippen molar-refractivity contribution in [2.24, 2.45) is 0 Å². The molecule has 0 aliphatic carbocycles. The van der Waals surface area contributed by atoms with Crippen molar-refractivity contribution < 1.29 is 9.59 Å². The van der Waals surface area contributed by atoms with Crippen molar-refractivity contribution in [3.05, 3.63) is 35.5 Å². The number of aromatic nitrogens is 1. The first-order chi connectivity index (χ1) is 10.1. The number of thioether (sulfide) groups is 1. The number of H-pyrrole nitrogens is 1. The zero-order valence-corrected chi connectivity index (χ0v) is 12.5. The van der Waals surface area contributed by atoms with Crippen LogP contribution in [-0.4, -0.2) is 34.5 Å². The summed E-state index contributed by atoms with van der Waals surface area (Å²) in [7, 11) is 0. The third kappa shape index (κ3) is 3.05. The molecule has 3 N–H and O–H groups in total. The lowest BCUT2D eigenvalue weighted by atomic mass is 10.1. The first kappa shape index (κ1) is 14.0. The number of nitrogens with one attached hydrogen (secondary N) is 3. The van der Waals surface area contributed by atoms with E-state index >= 15 is 0 Å². The average molecular weight is 303 g/mol. The van der Waals surface area contributed by atoms with Gasteiger partial charge in [0.05, 0.1) is 0 Å². The minimum Gasteiger partial charge on any atom is -0.361 e. The van der Waals surface area contributed by atoms with Gasteiger partial charge in [-0.2, -0.15) is 0 Å². The Labute approximate surface area is 126 Å². The Hall–Kier alpha value is -1.95. The van der Waals surface area contributed by atoms with E-state index in [0.717, 1.165) is 23.7 Å². The molecule has 0 spiro atoms. The first-order valence-corrected chi connectivity index (χ1v) is 7.89. The molecule has 1 aliphatic rings. The van der Waals surface area contributed by atoms with Gasteiger partial charge in [0.2, 0.25) is 5.91 Å². The van der Waals surface area contributed by atoms with Crippen LogP contribution >= 0.6 is 11.8 Å². The molecule has 2 amide bonds. The molecule has 2 aromatic rings. The normalized spacial score (nSPS) is 18.0. The lowest BCUT2D eigenvalue weighted by Gasteiger charge is -2.09. The van der Waals surface area contributed by atoms with E-state index in [9.17, 15) is 9.59 Å². The molecule has 1 atom stereocenters. The van der Waals surface area contributed by atoms with Crippen LogP contribution in [0.25, 0.3) is 10.9 Å². The number of fused-ring (bicyclic) bond motifs is 1. The van der Waals surface area contributed by atoms with Crippen LogP contribution < -0.4 is 10.6 Å². The summed E-state index contributed by atoms with van der Waals surface area (Å²) in [6.07, 6.45) is 2.76. The highest BCUT2D eigenvalue weighted by molar-refractivity contribution is 8.14. The van der Waals surface area contributed by atoms with Gasteiger partial charge in [-0.05, 0) is 30.5 Å². The fourth-order valence-corrected chi connectivity index (χ4v) is 3.25. The third-order valence-corrected chi connectivity index (χ3v) is 4.49. The molecule has 21 heavy (non-hydrogen) atoms. The molecule has 1 saturated heterocycles. The number of carbonyl (C=O) groups is 2. The maximum Gasteiger partial charge on any atom is 0.279 e. The summed E-state index contributed by atoms with van der Waals surface area (Å²) in [5.74, 6) is 0.404. The van der Waals surface area contributed by atoms with Crippen molar-refractivity contribution in [3.8, 4) is 0 Å². The minimum atomic E-state index is -0.395. The Morgan fingerprint density at radius 3 is 3.10 bits per heavy atom. The van der Waals surface area contributed by atoms with Crippen molar-refractivity contribution in [1.29, 1.82) is 0 Å². The molecule has 5 nitrogen and oxygen atoms in total. The maximum atomic E-state index is 11.9. The van der Waals surface area contributed by atoms with Gasteiger partial charge >= 0.3 is 0 Å². The molecule has 1 aliphatic heterocycles. The SMILES string of the molecule is Cc1ccc2c(CCNC(=O)C3CSC(=O)N3)c[nH]c2c1. The summed E-state index contributed by atoms with van der Waals surface area (Å²) < 4.78 is 0. The van der Waals surface area contributed by atoms with Gasteiger partial charge in [0.15, 0.2) is 0 Å². The second-order valence-corrected chi connectivity index (χ2v) is 6.19. The molecule has 1 unspecified atom stereocenters. The summed E-state index contributed by atoms with van der Waals surface area (Å²) in [6.45, 7) is 2.63. The Morgan fingerprint density at radius 1 is 1.48 bits per heavy atom. The van der Waals surface area contributed by atoms with E-state index in [4.69, 9.17) is 0 Å². The van der Waals surface area contributed by atoms with Gasteiger partial charge in [0.25, 0.3) is 5.24 Å². The fraction of sp³-hybridized carbons (Fsp3) is 0.333. The predicted octanol–water partition coefficient (Wildman–Crippen LogP) is 1.96. The molecule has 1 aromatic carbocycles. The number of rotatable bonds is 4. The van der Waals surface area contributed by atoms with Crippen LogP contribution in [0, 0.1) is 6.92 Å². The quantitative estimate of drug-likeness (QED) is 0.808. The smallest absolute Gasteiger partial charge is 0.279 e. The monoisotopic (exact) mass is 303 g/mol. The van der Waals surface area contributed by atoms with E-state index in [2.05, 4.69) is 40.7 Å². The zero-order chi connectivity index (χ0) is 14.8. The van der Waals surface area contributed by atoms with Gasteiger partial charge in [-0.3, -0.25) is 9.59 Å². The minimum absolute atomic E-state index is 0.107. The van der Waals surface area contributed by atoms with Gasteiger partial charge in [0, 0.05) is 29.4 Å². The maximum absolute atomic E-state index is 11.9. The van der Waals surface area contributed by atoms with Gasteiger partial charge in [0.1, 0.15) is 6.04 Å². The van der Waals surface area contributed by atoms with E-state index in [1.165, 1.54) is 16.5 Å². The summed E-state index contributed by atoms with van der Waals surface area (Å²) >= 11 is 1.15. The molecule has 110 valence electrons. The molecule has 0 saturated carbocycles. The van der Waals surface area contributed by atoms with Crippen LogP contribution in [0.1, 0.15) is 11.1 Å². The Bertz CT molecular complexity index is 695. The van der Waals surface area contributed by atoms with Crippen LogP contribution in [-0.2, 0) is 11.2 Å². The molecular weight excluding hydrogens is 286 g/mol. The molecule has 2 heterocycles. The van der Waals surface area contributed by atoms with E-state index in [0.29, 0.717) is 12.3 Å². The number of amides is 2. The van der Waals surface area contributed by atoms with E-state index in [-0.39, 0.29) is 11.1 Å². The number of carbonyl (C=O) groups excluding carboxylic acids is 2. The predicted molar refractivity (Wildman–Crippen MR) is 84.5 cm³/mol. The molecule has 1 aromatic heterocycles. The van der Waals surface area contributed by atoms with E-state index in [1.807, 2.05) is 6.20 Å². The lowest BCUT2D eigenvalue weighted by Crippen LogP contribution is -2.43. The van der Waals surface area contributed by atoms with Gasteiger partial charge < -0.3 is 15.6 Å². The highest BCUT2D eigenvalue weighted by atomic mass is 32.2. The van der Waals surface area contributed by atoms with Crippen LogP contribution in [0.4, 0.5) is 4.79 Å². The second kappa shape index (κ2) is 5.81.